The van der Waals surface area contributed by atoms with E-state index >= 15 is 0 Å². The van der Waals surface area contributed by atoms with Crippen molar-refractivity contribution >= 4 is 25.1 Å². The maximum absolute atomic E-state index is 10.9. The summed E-state index contributed by atoms with van der Waals surface area (Å²) in [6.07, 6.45) is 0.387. The molecule has 0 aromatic heterocycles. The third-order valence-corrected chi connectivity index (χ3v) is 1.48. The molecule has 0 aromatic carbocycles. The van der Waals surface area contributed by atoms with Crippen LogP contribution in [0.15, 0.2) is 16.6 Å². The number of hydrazone groups is 1. The van der Waals surface area contributed by atoms with Gasteiger partial charge in [0, 0.05) is 31.6 Å². The van der Waals surface area contributed by atoms with E-state index in [1.165, 1.54) is 0 Å². The minimum Gasteiger partial charge on any atom is -0.300 e. The van der Waals surface area contributed by atoms with E-state index in [1.54, 1.807) is 12.1 Å². The monoisotopic (exact) mass is 172 g/mol. The fourth-order valence-corrected chi connectivity index (χ4v) is 0.590. The Balaban J connectivity index is 3.62. The SMILES string of the molecule is C=NN(C)CCC(=O)C(=C)S. The van der Waals surface area contributed by atoms with Crippen LogP contribution in [0.25, 0.3) is 0 Å². The number of thiol groups is 1. The molecule has 0 atom stereocenters. The average Bonchev–Trinajstić information content (AvgIpc) is 1.99. The molecule has 3 nitrogen and oxygen atoms in total. The molecule has 0 heterocycles. The number of hydrogen-bond acceptors (Lipinski definition) is 4. The molecular formula is C7H12N2OS. The Morgan fingerprint density at radius 1 is 1.73 bits per heavy atom. The van der Waals surface area contributed by atoms with Crippen molar-refractivity contribution in [3.05, 3.63) is 11.5 Å². The maximum Gasteiger partial charge on any atom is 0.170 e. The predicted octanol–water partition coefficient (Wildman–Crippen LogP) is 0.936. The highest BCUT2D eigenvalue weighted by Crippen LogP contribution is 2.01. The summed E-state index contributed by atoms with van der Waals surface area (Å²) in [6, 6.07) is 0. The molecule has 0 saturated carbocycles. The third-order valence-electron chi connectivity index (χ3n) is 1.23. The molecule has 0 aliphatic rings. The Hall–Kier alpha value is -0.770. The lowest BCUT2D eigenvalue weighted by atomic mass is 10.3. The van der Waals surface area contributed by atoms with Crippen LogP contribution in [0.2, 0.25) is 0 Å². The first kappa shape index (κ1) is 10.2. The number of Topliss-reactive ketones (excluding diaryl/α,β-unsaturated/α-hetero) is 1. The van der Waals surface area contributed by atoms with Gasteiger partial charge in [-0.15, -0.1) is 12.6 Å². The molecule has 0 rings (SSSR count). The van der Waals surface area contributed by atoms with Gasteiger partial charge >= 0.3 is 0 Å². The van der Waals surface area contributed by atoms with Crippen LogP contribution < -0.4 is 0 Å². The zero-order valence-corrected chi connectivity index (χ0v) is 7.47. The summed E-state index contributed by atoms with van der Waals surface area (Å²) in [5, 5.41) is 5.19. The lowest BCUT2D eigenvalue weighted by molar-refractivity contribution is -0.115. The van der Waals surface area contributed by atoms with Gasteiger partial charge in [-0.1, -0.05) is 6.58 Å². The molecule has 0 amide bonds. The molecular weight excluding hydrogens is 160 g/mol. The quantitative estimate of drug-likeness (QED) is 0.290. The smallest absolute Gasteiger partial charge is 0.170 e. The Kier molecular flexibility index (Phi) is 4.61. The van der Waals surface area contributed by atoms with Crippen LogP contribution in [0.3, 0.4) is 0 Å². The lowest BCUT2D eigenvalue weighted by Crippen LogP contribution is -2.15. The van der Waals surface area contributed by atoms with Crippen molar-refractivity contribution in [3.63, 3.8) is 0 Å². The van der Waals surface area contributed by atoms with Crippen molar-refractivity contribution in [2.45, 2.75) is 6.42 Å². The Bertz CT molecular complexity index is 179. The van der Waals surface area contributed by atoms with E-state index in [2.05, 4.69) is 31.0 Å². The number of allylic oxidation sites excluding steroid dienone is 1. The standard InChI is InChI=1S/C7H12N2OS/c1-6(11)7(10)4-5-9(3)8-2/h11H,1-2,4-5H2,3H3. The Morgan fingerprint density at radius 3 is 2.64 bits per heavy atom. The average molecular weight is 172 g/mol. The second-order valence-electron chi connectivity index (χ2n) is 2.14. The van der Waals surface area contributed by atoms with E-state index in [0.717, 1.165) is 0 Å². The van der Waals surface area contributed by atoms with Crippen molar-refractivity contribution in [1.29, 1.82) is 0 Å². The first-order valence-corrected chi connectivity index (χ1v) is 3.61. The van der Waals surface area contributed by atoms with Crippen LogP contribution in [-0.4, -0.2) is 31.1 Å². The van der Waals surface area contributed by atoms with E-state index in [-0.39, 0.29) is 5.78 Å². The fourth-order valence-electron chi connectivity index (χ4n) is 0.478. The normalized spacial score (nSPS) is 8.91. The molecule has 62 valence electrons. The van der Waals surface area contributed by atoms with Gasteiger partial charge in [-0.3, -0.25) is 4.79 Å². The zero-order valence-electron chi connectivity index (χ0n) is 6.58. The van der Waals surface area contributed by atoms with Gasteiger partial charge in [0.1, 0.15) is 0 Å². The molecule has 0 N–H and O–H groups in total. The van der Waals surface area contributed by atoms with Gasteiger partial charge in [0.2, 0.25) is 0 Å². The van der Waals surface area contributed by atoms with Gasteiger partial charge < -0.3 is 5.01 Å². The van der Waals surface area contributed by atoms with Crippen LogP contribution in [-0.2, 0) is 4.79 Å². The molecule has 0 aliphatic carbocycles. The maximum atomic E-state index is 10.9. The number of ketones is 1. The van der Waals surface area contributed by atoms with Crippen LogP contribution in [0.4, 0.5) is 0 Å². The van der Waals surface area contributed by atoms with E-state index in [9.17, 15) is 4.79 Å². The van der Waals surface area contributed by atoms with Crippen molar-refractivity contribution in [3.8, 4) is 0 Å². The highest BCUT2D eigenvalue weighted by atomic mass is 32.1. The van der Waals surface area contributed by atoms with E-state index in [0.29, 0.717) is 17.9 Å². The molecule has 0 unspecified atom stereocenters. The number of hydrogen-bond donors (Lipinski definition) is 1. The van der Waals surface area contributed by atoms with Gasteiger partial charge in [0.15, 0.2) is 5.78 Å². The largest absolute Gasteiger partial charge is 0.300 e. The molecule has 0 saturated heterocycles. The molecule has 0 aliphatic heterocycles. The molecule has 11 heavy (non-hydrogen) atoms. The van der Waals surface area contributed by atoms with Crippen LogP contribution in [0.1, 0.15) is 6.42 Å². The lowest BCUT2D eigenvalue weighted by Gasteiger charge is -2.09. The highest BCUT2D eigenvalue weighted by Gasteiger charge is 2.03. The first-order valence-electron chi connectivity index (χ1n) is 3.16. The molecule has 0 aromatic rings. The van der Waals surface area contributed by atoms with Crippen molar-refractivity contribution in [2.24, 2.45) is 5.10 Å². The summed E-state index contributed by atoms with van der Waals surface area (Å²) in [5.74, 6) is -0.0520. The van der Waals surface area contributed by atoms with Crippen molar-refractivity contribution in [1.82, 2.24) is 5.01 Å². The van der Waals surface area contributed by atoms with Crippen molar-refractivity contribution < 1.29 is 4.79 Å². The Labute approximate surface area is 72.2 Å². The van der Waals surface area contributed by atoms with Crippen LogP contribution in [0.5, 0.6) is 0 Å². The highest BCUT2D eigenvalue weighted by molar-refractivity contribution is 7.85. The zero-order chi connectivity index (χ0) is 8.85. The van der Waals surface area contributed by atoms with Gasteiger partial charge in [0.25, 0.3) is 0 Å². The minimum atomic E-state index is -0.0520. The molecule has 0 radical (unpaired) electrons. The molecule has 4 heteroatoms. The van der Waals surface area contributed by atoms with Crippen LogP contribution >= 0.6 is 12.6 Å². The van der Waals surface area contributed by atoms with E-state index in [4.69, 9.17) is 0 Å². The van der Waals surface area contributed by atoms with Gasteiger partial charge in [-0.05, 0) is 0 Å². The summed E-state index contributed by atoms with van der Waals surface area (Å²) < 4.78 is 0. The fraction of sp³-hybridized carbons (Fsp3) is 0.429. The topological polar surface area (TPSA) is 32.7 Å². The predicted molar refractivity (Wildman–Crippen MR) is 49.9 cm³/mol. The second kappa shape index (κ2) is 4.96. The van der Waals surface area contributed by atoms with Gasteiger partial charge in [-0.2, -0.15) is 5.10 Å². The van der Waals surface area contributed by atoms with Gasteiger partial charge in [-0.25, -0.2) is 0 Å². The number of rotatable bonds is 5. The Morgan fingerprint density at radius 2 is 2.27 bits per heavy atom. The number of carbonyl (C=O) groups is 1. The summed E-state index contributed by atoms with van der Waals surface area (Å²) in [5.41, 5.74) is 0. The third kappa shape index (κ3) is 4.61. The summed E-state index contributed by atoms with van der Waals surface area (Å²) >= 11 is 3.82. The summed E-state index contributed by atoms with van der Waals surface area (Å²) in [7, 11) is 1.75. The summed E-state index contributed by atoms with van der Waals surface area (Å²) in [4.78, 5) is 11.2. The first-order chi connectivity index (χ1) is 5.07. The van der Waals surface area contributed by atoms with E-state index < -0.39 is 0 Å². The minimum absolute atomic E-state index is 0.0520. The van der Waals surface area contributed by atoms with Crippen LogP contribution in [0, 0.1) is 0 Å². The van der Waals surface area contributed by atoms with E-state index in [1.807, 2.05) is 0 Å². The van der Waals surface area contributed by atoms with Gasteiger partial charge in [0.05, 0.1) is 0 Å². The summed E-state index contributed by atoms with van der Waals surface area (Å²) in [6.45, 7) is 7.27. The second-order valence-corrected chi connectivity index (χ2v) is 2.68. The molecule has 0 bridgehead atoms. The molecule has 0 spiro atoms. The number of carbonyl (C=O) groups excluding carboxylic acids is 1. The number of nitrogens with zero attached hydrogens (tertiary/aromatic N) is 2. The van der Waals surface area contributed by atoms with Crippen molar-refractivity contribution in [2.75, 3.05) is 13.6 Å². The molecule has 0 fully saturated rings.